The maximum atomic E-state index is 10.6. The Hall–Kier alpha value is -1.99. The largest absolute Gasteiger partial charge is 0.390 e. The fourth-order valence-electron chi connectivity index (χ4n) is 1.27. The molecule has 8 heteroatoms. The summed E-state index contributed by atoms with van der Waals surface area (Å²) >= 11 is 6.97. The molecule has 2 aromatic rings. The Morgan fingerprint density at radius 1 is 1.58 bits per heavy atom. The van der Waals surface area contributed by atoms with E-state index in [1.165, 1.54) is 29.7 Å². The van der Waals surface area contributed by atoms with Crippen molar-refractivity contribution in [3.8, 4) is 0 Å². The SMILES string of the molecule is O=[N+]([O-])c1cccc(/C=N/OCc2cnc(Cl)s2)c1. The molecule has 1 aromatic carbocycles. The van der Waals surface area contributed by atoms with Crippen LogP contribution < -0.4 is 0 Å². The van der Waals surface area contributed by atoms with Crippen molar-refractivity contribution in [3.05, 3.63) is 55.5 Å². The Balaban J connectivity index is 1.92. The van der Waals surface area contributed by atoms with Crippen molar-refractivity contribution in [2.24, 2.45) is 5.16 Å². The summed E-state index contributed by atoms with van der Waals surface area (Å²) in [6.07, 6.45) is 3.02. The summed E-state index contributed by atoms with van der Waals surface area (Å²) in [5.41, 5.74) is 0.606. The first-order valence-electron chi connectivity index (χ1n) is 5.15. The summed E-state index contributed by atoms with van der Waals surface area (Å²) in [6, 6.07) is 6.11. The number of hydrogen-bond donors (Lipinski definition) is 0. The van der Waals surface area contributed by atoms with E-state index in [-0.39, 0.29) is 12.3 Å². The Labute approximate surface area is 117 Å². The zero-order valence-electron chi connectivity index (χ0n) is 9.52. The molecule has 0 unspecified atom stereocenters. The van der Waals surface area contributed by atoms with Gasteiger partial charge < -0.3 is 4.84 Å². The molecule has 0 amide bonds. The van der Waals surface area contributed by atoms with Gasteiger partial charge in [0, 0.05) is 23.9 Å². The van der Waals surface area contributed by atoms with E-state index in [1.54, 1.807) is 18.3 Å². The van der Waals surface area contributed by atoms with Crippen LogP contribution >= 0.6 is 22.9 Å². The van der Waals surface area contributed by atoms with Gasteiger partial charge in [0.05, 0.1) is 16.0 Å². The fraction of sp³-hybridized carbons (Fsp3) is 0.0909. The second-order valence-corrected chi connectivity index (χ2v) is 5.14. The zero-order valence-corrected chi connectivity index (χ0v) is 11.1. The minimum Gasteiger partial charge on any atom is -0.390 e. The topological polar surface area (TPSA) is 77.6 Å². The molecule has 0 saturated carbocycles. The summed E-state index contributed by atoms with van der Waals surface area (Å²) in [6.45, 7) is 0.260. The zero-order chi connectivity index (χ0) is 13.7. The summed E-state index contributed by atoms with van der Waals surface area (Å²) < 4.78 is 0.446. The fourth-order valence-corrected chi connectivity index (χ4v) is 2.15. The molecule has 6 nitrogen and oxygen atoms in total. The predicted octanol–water partition coefficient (Wildman–Crippen LogP) is 3.26. The van der Waals surface area contributed by atoms with Gasteiger partial charge in [-0.1, -0.05) is 28.9 Å². The summed E-state index contributed by atoms with van der Waals surface area (Å²) in [5.74, 6) is 0. The molecule has 0 N–H and O–H groups in total. The van der Waals surface area contributed by atoms with Crippen molar-refractivity contribution in [2.75, 3.05) is 0 Å². The van der Waals surface area contributed by atoms with Gasteiger partial charge in [0.25, 0.3) is 5.69 Å². The quantitative estimate of drug-likeness (QED) is 0.482. The van der Waals surface area contributed by atoms with Crippen LogP contribution in [0.4, 0.5) is 5.69 Å². The molecule has 0 aliphatic heterocycles. The average molecular weight is 298 g/mol. The first kappa shape index (κ1) is 13.4. The van der Waals surface area contributed by atoms with Crippen molar-refractivity contribution in [1.82, 2.24) is 4.98 Å². The molecule has 0 radical (unpaired) electrons. The van der Waals surface area contributed by atoms with Crippen molar-refractivity contribution in [1.29, 1.82) is 0 Å². The number of aromatic nitrogens is 1. The van der Waals surface area contributed by atoms with Gasteiger partial charge in [-0.05, 0) is 0 Å². The molecule has 0 bridgehead atoms. The van der Waals surface area contributed by atoms with Crippen molar-refractivity contribution in [3.63, 3.8) is 0 Å². The Kier molecular flexibility index (Phi) is 4.43. The Morgan fingerprint density at radius 3 is 3.11 bits per heavy atom. The molecule has 0 saturated heterocycles. The highest BCUT2D eigenvalue weighted by atomic mass is 35.5. The number of halogens is 1. The molecular formula is C11H8ClN3O3S. The highest BCUT2D eigenvalue weighted by Crippen LogP contribution is 2.18. The van der Waals surface area contributed by atoms with Crippen LogP contribution in [0.25, 0.3) is 0 Å². The molecule has 2 rings (SSSR count). The number of benzene rings is 1. The van der Waals surface area contributed by atoms with Crippen LogP contribution in [0.2, 0.25) is 4.47 Å². The molecule has 0 fully saturated rings. The first-order valence-corrected chi connectivity index (χ1v) is 6.34. The van der Waals surface area contributed by atoms with Gasteiger partial charge >= 0.3 is 0 Å². The van der Waals surface area contributed by atoms with Gasteiger partial charge in [0.15, 0.2) is 11.1 Å². The van der Waals surface area contributed by atoms with E-state index in [9.17, 15) is 10.1 Å². The standard InChI is InChI=1S/C11H8ClN3O3S/c12-11-13-6-10(19-11)7-18-14-5-8-2-1-3-9(4-8)15(16)17/h1-6H,7H2/b14-5+. The summed E-state index contributed by atoms with van der Waals surface area (Å²) in [7, 11) is 0. The Bertz CT molecular complexity index is 615. The molecule has 0 atom stereocenters. The maximum absolute atomic E-state index is 10.6. The molecule has 1 heterocycles. The van der Waals surface area contributed by atoms with Gasteiger partial charge in [0.1, 0.15) is 0 Å². The number of non-ortho nitro benzene ring substituents is 1. The van der Waals surface area contributed by atoms with Gasteiger partial charge in [-0.3, -0.25) is 10.1 Å². The number of nitro groups is 1. The van der Waals surface area contributed by atoms with E-state index in [0.717, 1.165) is 4.88 Å². The van der Waals surface area contributed by atoms with E-state index in [4.69, 9.17) is 16.4 Å². The van der Waals surface area contributed by atoms with Crippen LogP contribution in [0.1, 0.15) is 10.4 Å². The third-order valence-corrected chi connectivity index (χ3v) is 3.18. The average Bonchev–Trinajstić information content (AvgIpc) is 2.81. The van der Waals surface area contributed by atoms with E-state index < -0.39 is 4.92 Å². The monoisotopic (exact) mass is 297 g/mol. The normalized spacial score (nSPS) is 10.8. The summed E-state index contributed by atoms with van der Waals surface area (Å²) in [4.78, 5) is 19.9. The molecule has 98 valence electrons. The molecule has 19 heavy (non-hydrogen) atoms. The minimum absolute atomic E-state index is 0.0122. The predicted molar refractivity (Wildman–Crippen MR) is 72.6 cm³/mol. The van der Waals surface area contributed by atoms with E-state index >= 15 is 0 Å². The number of nitro benzene ring substituents is 1. The maximum Gasteiger partial charge on any atom is 0.270 e. The lowest BCUT2D eigenvalue weighted by Crippen LogP contribution is -1.90. The van der Waals surface area contributed by atoms with Crippen LogP contribution in [0.15, 0.2) is 35.6 Å². The van der Waals surface area contributed by atoms with Crippen molar-refractivity contribution >= 4 is 34.8 Å². The summed E-state index contributed by atoms with van der Waals surface area (Å²) in [5, 5.41) is 14.3. The second kappa shape index (κ2) is 6.26. The molecular weight excluding hydrogens is 290 g/mol. The van der Waals surface area contributed by atoms with Crippen LogP contribution in [0, 0.1) is 10.1 Å². The lowest BCUT2D eigenvalue weighted by Gasteiger charge is -1.95. The highest BCUT2D eigenvalue weighted by molar-refractivity contribution is 7.15. The van der Waals surface area contributed by atoms with E-state index in [1.807, 2.05) is 0 Å². The third kappa shape index (κ3) is 4.01. The minimum atomic E-state index is -0.461. The number of oxime groups is 1. The molecule has 0 spiro atoms. The number of nitrogens with zero attached hydrogens (tertiary/aromatic N) is 3. The first-order chi connectivity index (χ1) is 9.15. The second-order valence-electron chi connectivity index (χ2n) is 3.44. The van der Waals surface area contributed by atoms with Crippen LogP contribution in [0.3, 0.4) is 0 Å². The number of rotatable bonds is 5. The lowest BCUT2D eigenvalue weighted by atomic mass is 10.2. The molecule has 0 aliphatic rings. The lowest BCUT2D eigenvalue weighted by molar-refractivity contribution is -0.384. The van der Waals surface area contributed by atoms with E-state index in [0.29, 0.717) is 10.0 Å². The van der Waals surface area contributed by atoms with Crippen LogP contribution in [-0.2, 0) is 11.4 Å². The highest BCUT2D eigenvalue weighted by Gasteiger charge is 2.04. The molecule has 1 aromatic heterocycles. The smallest absolute Gasteiger partial charge is 0.270 e. The molecule has 0 aliphatic carbocycles. The van der Waals surface area contributed by atoms with Crippen LogP contribution in [-0.4, -0.2) is 16.1 Å². The van der Waals surface area contributed by atoms with Gasteiger partial charge in [-0.2, -0.15) is 0 Å². The van der Waals surface area contributed by atoms with Crippen molar-refractivity contribution in [2.45, 2.75) is 6.61 Å². The third-order valence-electron chi connectivity index (χ3n) is 2.09. The Morgan fingerprint density at radius 2 is 2.42 bits per heavy atom. The number of thiazole rings is 1. The van der Waals surface area contributed by atoms with Gasteiger partial charge in [0.2, 0.25) is 0 Å². The van der Waals surface area contributed by atoms with E-state index in [2.05, 4.69) is 10.1 Å². The van der Waals surface area contributed by atoms with Crippen molar-refractivity contribution < 1.29 is 9.76 Å². The van der Waals surface area contributed by atoms with Gasteiger partial charge in [-0.15, -0.1) is 11.3 Å². The van der Waals surface area contributed by atoms with Gasteiger partial charge in [-0.25, -0.2) is 4.98 Å². The van der Waals surface area contributed by atoms with Crippen LogP contribution in [0.5, 0.6) is 0 Å². The number of hydrogen-bond acceptors (Lipinski definition) is 6.